The van der Waals surface area contributed by atoms with Crippen LogP contribution in [0.3, 0.4) is 0 Å². The fourth-order valence-corrected chi connectivity index (χ4v) is 1.80. The van der Waals surface area contributed by atoms with Crippen molar-refractivity contribution in [2.75, 3.05) is 0 Å². The molecule has 74 valence electrons. The van der Waals surface area contributed by atoms with Crippen LogP contribution in [-0.2, 0) is 11.2 Å². The lowest BCUT2D eigenvalue weighted by Gasteiger charge is -2.02. The smallest absolute Gasteiger partial charge is 0.253 e. The highest BCUT2D eigenvalue weighted by atomic mass is 79.9. The maximum Gasteiger partial charge on any atom is 0.253 e. The fraction of sp³-hybridized carbons (Fsp3) is 0.200. The molecule has 1 rings (SSSR count). The summed E-state index contributed by atoms with van der Waals surface area (Å²) in [5.74, 6) is 0. The average Bonchev–Trinajstić information content (AvgIpc) is 2.16. The summed E-state index contributed by atoms with van der Waals surface area (Å²) < 4.78 is 0.673. The van der Waals surface area contributed by atoms with Gasteiger partial charge in [-0.1, -0.05) is 6.07 Å². The Morgan fingerprint density at radius 2 is 2.21 bits per heavy atom. The van der Waals surface area contributed by atoms with Gasteiger partial charge in [-0.25, -0.2) is 0 Å². The van der Waals surface area contributed by atoms with Crippen molar-refractivity contribution in [2.45, 2.75) is 12.8 Å². The number of hydrogen-bond donors (Lipinski definition) is 0. The van der Waals surface area contributed by atoms with Crippen molar-refractivity contribution in [3.63, 3.8) is 0 Å². The molecule has 0 heterocycles. The molecule has 0 fully saturated rings. The molecule has 1 aromatic rings. The summed E-state index contributed by atoms with van der Waals surface area (Å²) in [4.78, 5) is 21.1. The van der Waals surface area contributed by atoms with E-state index in [2.05, 4.69) is 15.9 Å². The van der Waals surface area contributed by atoms with E-state index in [0.717, 1.165) is 11.8 Å². The average molecular weight is 276 g/mol. The van der Waals surface area contributed by atoms with Crippen LogP contribution in [0.5, 0.6) is 0 Å². The third-order valence-electron chi connectivity index (χ3n) is 1.79. The summed E-state index contributed by atoms with van der Waals surface area (Å²) in [6, 6.07) is 5.32. The molecule has 1 aromatic carbocycles. The standard InChI is InChI=1S/C10H8BrClO2/c11-9-4-3-7(2-1-5-13)6-8(9)10(12)14/h3-6H,1-2H2. The van der Waals surface area contributed by atoms with Crippen LogP contribution in [0.1, 0.15) is 22.3 Å². The molecule has 0 unspecified atom stereocenters. The fourth-order valence-electron chi connectivity index (χ4n) is 1.10. The second-order valence-electron chi connectivity index (χ2n) is 2.79. The molecule has 0 spiro atoms. The molecular weight excluding hydrogens is 267 g/mol. The van der Waals surface area contributed by atoms with Crippen molar-refractivity contribution in [2.24, 2.45) is 0 Å². The first-order valence-corrected chi connectivity index (χ1v) is 5.24. The van der Waals surface area contributed by atoms with Gasteiger partial charge in [-0.2, -0.15) is 0 Å². The van der Waals surface area contributed by atoms with Gasteiger partial charge in [0, 0.05) is 16.5 Å². The molecule has 0 aliphatic rings. The first-order chi connectivity index (χ1) is 6.65. The van der Waals surface area contributed by atoms with Crippen LogP contribution >= 0.6 is 27.5 Å². The molecule has 0 radical (unpaired) electrons. The third kappa shape index (κ3) is 2.93. The summed E-state index contributed by atoms with van der Waals surface area (Å²) in [5, 5.41) is -0.496. The Labute approximate surface area is 95.4 Å². The van der Waals surface area contributed by atoms with E-state index >= 15 is 0 Å². The SMILES string of the molecule is O=CCCc1ccc(Br)c(C(=O)Cl)c1. The van der Waals surface area contributed by atoms with Crippen molar-refractivity contribution >= 4 is 39.1 Å². The quantitative estimate of drug-likeness (QED) is 0.625. The highest BCUT2D eigenvalue weighted by Gasteiger charge is 2.07. The minimum absolute atomic E-state index is 0.440. The maximum absolute atomic E-state index is 11.0. The number of aryl methyl sites for hydroxylation is 1. The van der Waals surface area contributed by atoms with Gasteiger partial charge in [0.15, 0.2) is 0 Å². The topological polar surface area (TPSA) is 34.1 Å². The molecule has 0 amide bonds. The number of benzene rings is 1. The van der Waals surface area contributed by atoms with Gasteiger partial charge in [-0.05, 0) is 51.6 Å². The lowest BCUT2D eigenvalue weighted by atomic mass is 10.1. The number of aldehydes is 1. The molecule has 2 nitrogen and oxygen atoms in total. The lowest BCUT2D eigenvalue weighted by molar-refractivity contribution is -0.107. The zero-order valence-corrected chi connectivity index (χ0v) is 9.64. The number of carbonyl (C=O) groups is 2. The normalized spacial score (nSPS) is 9.86. The monoisotopic (exact) mass is 274 g/mol. The molecule has 0 saturated heterocycles. The van der Waals surface area contributed by atoms with Crippen LogP contribution in [0, 0.1) is 0 Å². The van der Waals surface area contributed by atoms with Crippen LogP contribution in [0.25, 0.3) is 0 Å². The molecule has 0 aliphatic carbocycles. The second-order valence-corrected chi connectivity index (χ2v) is 3.99. The second kappa shape index (κ2) is 5.27. The van der Waals surface area contributed by atoms with Gasteiger partial charge in [0.2, 0.25) is 0 Å². The van der Waals surface area contributed by atoms with Gasteiger partial charge in [0.05, 0.1) is 0 Å². The zero-order valence-electron chi connectivity index (χ0n) is 7.30. The summed E-state index contributed by atoms with van der Waals surface area (Å²) >= 11 is 8.60. The molecular formula is C10H8BrClO2. The van der Waals surface area contributed by atoms with E-state index in [0.29, 0.717) is 22.9 Å². The molecule has 0 atom stereocenters. The Morgan fingerprint density at radius 1 is 1.50 bits per heavy atom. The minimum atomic E-state index is -0.496. The zero-order chi connectivity index (χ0) is 10.6. The number of hydrogen-bond acceptors (Lipinski definition) is 2. The van der Waals surface area contributed by atoms with E-state index in [1.807, 2.05) is 6.07 Å². The highest BCUT2D eigenvalue weighted by molar-refractivity contribution is 9.10. The van der Waals surface area contributed by atoms with Crippen molar-refractivity contribution in [1.29, 1.82) is 0 Å². The van der Waals surface area contributed by atoms with Crippen molar-refractivity contribution in [3.8, 4) is 0 Å². The predicted octanol–water partition coefficient (Wildman–Crippen LogP) is 2.96. The van der Waals surface area contributed by atoms with Gasteiger partial charge >= 0.3 is 0 Å². The molecule has 0 N–H and O–H groups in total. The molecule has 0 aromatic heterocycles. The first kappa shape index (κ1) is 11.4. The molecule has 0 aliphatic heterocycles. The predicted molar refractivity (Wildman–Crippen MR) is 58.7 cm³/mol. The lowest BCUT2D eigenvalue weighted by Crippen LogP contribution is -1.94. The van der Waals surface area contributed by atoms with Crippen LogP contribution in [0.15, 0.2) is 22.7 Å². The third-order valence-corrected chi connectivity index (χ3v) is 2.69. The number of carbonyl (C=O) groups excluding carboxylic acids is 2. The van der Waals surface area contributed by atoms with Crippen LogP contribution in [-0.4, -0.2) is 11.5 Å². The Hall–Kier alpha value is -0.670. The van der Waals surface area contributed by atoms with Gasteiger partial charge < -0.3 is 4.79 Å². The van der Waals surface area contributed by atoms with Gasteiger partial charge in [0.25, 0.3) is 5.24 Å². The van der Waals surface area contributed by atoms with Gasteiger partial charge in [0.1, 0.15) is 6.29 Å². The van der Waals surface area contributed by atoms with E-state index < -0.39 is 5.24 Å². The molecule has 14 heavy (non-hydrogen) atoms. The van der Waals surface area contributed by atoms with Gasteiger partial charge in [-0.15, -0.1) is 0 Å². The summed E-state index contributed by atoms with van der Waals surface area (Å²) in [6.07, 6.45) is 1.94. The summed E-state index contributed by atoms with van der Waals surface area (Å²) in [6.45, 7) is 0. The van der Waals surface area contributed by atoms with E-state index in [1.54, 1.807) is 12.1 Å². The maximum atomic E-state index is 11.0. The summed E-state index contributed by atoms with van der Waals surface area (Å²) in [7, 11) is 0. The van der Waals surface area contributed by atoms with E-state index in [4.69, 9.17) is 11.6 Å². The highest BCUT2D eigenvalue weighted by Crippen LogP contribution is 2.20. The van der Waals surface area contributed by atoms with E-state index in [-0.39, 0.29) is 0 Å². The van der Waals surface area contributed by atoms with Crippen molar-refractivity contribution in [1.82, 2.24) is 0 Å². The van der Waals surface area contributed by atoms with E-state index in [9.17, 15) is 9.59 Å². The van der Waals surface area contributed by atoms with Gasteiger partial charge in [-0.3, -0.25) is 4.79 Å². The van der Waals surface area contributed by atoms with Crippen LogP contribution < -0.4 is 0 Å². The minimum Gasteiger partial charge on any atom is -0.303 e. The number of rotatable bonds is 4. The largest absolute Gasteiger partial charge is 0.303 e. The van der Waals surface area contributed by atoms with E-state index in [1.165, 1.54) is 0 Å². The molecule has 0 saturated carbocycles. The molecule has 0 bridgehead atoms. The Morgan fingerprint density at radius 3 is 2.79 bits per heavy atom. The van der Waals surface area contributed by atoms with Crippen molar-refractivity contribution < 1.29 is 9.59 Å². The Balaban J connectivity index is 2.94. The molecule has 4 heteroatoms. The Kier molecular flexibility index (Phi) is 4.29. The van der Waals surface area contributed by atoms with Crippen LogP contribution in [0.4, 0.5) is 0 Å². The first-order valence-electron chi connectivity index (χ1n) is 4.07. The summed E-state index contributed by atoms with van der Waals surface area (Å²) in [5.41, 5.74) is 1.37. The van der Waals surface area contributed by atoms with Crippen LogP contribution in [0.2, 0.25) is 0 Å². The Bertz CT molecular complexity index is 363. The van der Waals surface area contributed by atoms with Crippen molar-refractivity contribution in [3.05, 3.63) is 33.8 Å². The number of halogens is 2.